The summed E-state index contributed by atoms with van der Waals surface area (Å²) < 4.78 is 5.53. The van der Waals surface area contributed by atoms with Crippen molar-refractivity contribution in [1.29, 1.82) is 0 Å². The number of ether oxygens (including phenoxy) is 1. The van der Waals surface area contributed by atoms with Crippen molar-refractivity contribution in [2.75, 3.05) is 13.2 Å². The molecule has 0 aliphatic carbocycles. The van der Waals surface area contributed by atoms with Gasteiger partial charge in [0.05, 0.1) is 12.6 Å². The van der Waals surface area contributed by atoms with E-state index in [1.54, 1.807) is 11.8 Å². The van der Waals surface area contributed by atoms with E-state index < -0.39 is 0 Å². The van der Waals surface area contributed by atoms with Gasteiger partial charge in [-0.25, -0.2) is 0 Å². The Morgan fingerprint density at radius 1 is 1.47 bits per heavy atom. The van der Waals surface area contributed by atoms with Crippen LogP contribution in [0.2, 0.25) is 0 Å². The van der Waals surface area contributed by atoms with E-state index >= 15 is 0 Å². The average molecular weight is 278 g/mol. The highest BCUT2D eigenvalue weighted by molar-refractivity contribution is 8.13. The van der Waals surface area contributed by atoms with Gasteiger partial charge in [0.15, 0.2) is 5.17 Å². The van der Waals surface area contributed by atoms with Crippen molar-refractivity contribution in [3.8, 4) is 0 Å². The minimum atomic E-state index is 0.278. The number of hydrogen-bond donors (Lipinski definition) is 1. The highest BCUT2D eigenvalue weighted by Crippen LogP contribution is 2.18. The zero-order chi connectivity index (χ0) is 13.7. The van der Waals surface area contributed by atoms with Gasteiger partial charge in [0.2, 0.25) is 0 Å². The fourth-order valence-corrected chi connectivity index (χ4v) is 2.91. The molecule has 104 valence electrons. The summed E-state index contributed by atoms with van der Waals surface area (Å²) in [6.45, 7) is 5.82. The number of aryl methyl sites for hydroxylation is 2. The molecule has 0 saturated carbocycles. The zero-order valence-corrected chi connectivity index (χ0v) is 12.5. The summed E-state index contributed by atoms with van der Waals surface area (Å²) in [4.78, 5) is 4.41. The third kappa shape index (κ3) is 4.55. The van der Waals surface area contributed by atoms with Crippen LogP contribution >= 0.6 is 11.8 Å². The molecule has 0 radical (unpaired) electrons. The molecule has 0 aromatic heterocycles. The maximum absolute atomic E-state index is 5.95. The van der Waals surface area contributed by atoms with Crippen molar-refractivity contribution >= 4 is 16.9 Å². The van der Waals surface area contributed by atoms with Gasteiger partial charge in [0.25, 0.3) is 0 Å². The Morgan fingerprint density at radius 3 is 3.05 bits per heavy atom. The summed E-state index contributed by atoms with van der Waals surface area (Å²) in [5, 5.41) is 0.663. The van der Waals surface area contributed by atoms with Crippen LogP contribution in [0.5, 0.6) is 0 Å². The number of aliphatic imine (C=N–C) groups is 1. The minimum absolute atomic E-state index is 0.278. The van der Waals surface area contributed by atoms with Crippen LogP contribution in [0.1, 0.15) is 29.5 Å². The Bertz CT molecular complexity index is 453. The van der Waals surface area contributed by atoms with E-state index in [1.807, 2.05) is 0 Å². The standard InChI is InChI=1S/C15H22N2OS/c1-11-5-6-12(2)13(8-11)10-19-15(16)17-9-14-4-3-7-18-14/h5-6,8,14H,3-4,7,9-10H2,1-2H3,(H2,16,17)/t14-/m1/s1. The smallest absolute Gasteiger partial charge is 0.154 e. The van der Waals surface area contributed by atoms with Crippen molar-refractivity contribution in [2.45, 2.75) is 38.5 Å². The Hall–Kier alpha value is -1.00. The van der Waals surface area contributed by atoms with Gasteiger partial charge in [-0.2, -0.15) is 0 Å². The molecule has 1 heterocycles. The van der Waals surface area contributed by atoms with Gasteiger partial charge in [0, 0.05) is 12.4 Å². The molecule has 2 rings (SSSR count). The van der Waals surface area contributed by atoms with E-state index in [9.17, 15) is 0 Å². The van der Waals surface area contributed by atoms with Crippen LogP contribution in [0.15, 0.2) is 23.2 Å². The fourth-order valence-electron chi connectivity index (χ4n) is 2.13. The maximum atomic E-state index is 5.95. The van der Waals surface area contributed by atoms with Crippen LogP contribution in [0.3, 0.4) is 0 Å². The molecule has 0 amide bonds. The van der Waals surface area contributed by atoms with Gasteiger partial charge in [0.1, 0.15) is 0 Å². The van der Waals surface area contributed by atoms with Crippen molar-refractivity contribution in [3.63, 3.8) is 0 Å². The molecule has 0 bridgehead atoms. The van der Waals surface area contributed by atoms with Crippen molar-refractivity contribution < 1.29 is 4.74 Å². The van der Waals surface area contributed by atoms with Gasteiger partial charge in [-0.1, -0.05) is 35.5 Å². The van der Waals surface area contributed by atoms with E-state index in [-0.39, 0.29) is 6.10 Å². The lowest BCUT2D eigenvalue weighted by Gasteiger charge is -2.08. The van der Waals surface area contributed by atoms with Gasteiger partial charge in [-0.05, 0) is 37.8 Å². The topological polar surface area (TPSA) is 47.6 Å². The summed E-state index contributed by atoms with van der Waals surface area (Å²) in [6.07, 6.45) is 2.54. The number of thioether (sulfide) groups is 1. The highest BCUT2D eigenvalue weighted by atomic mass is 32.2. The average Bonchev–Trinajstić information content (AvgIpc) is 2.90. The first-order valence-electron chi connectivity index (χ1n) is 6.75. The van der Waals surface area contributed by atoms with Crippen LogP contribution in [0.4, 0.5) is 0 Å². The Balaban J connectivity index is 1.83. The van der Waals surface area contributed by atoms with Crippen LogP contribution in [0, 0.1) is 13.8 Å². The molecular formula is C15H22N2OS. The second-order valence-electron chi connectivity index (χ2n) is 5.03. The number of nitrogens with two attached hydrogens (primary N) is 1. The fraction of sp³-hybridized carbons (Fsp3) is 0.533. The van der Waals surface area contributed by atoms with Crippen LogP contribution < -0.4 is 5.73 Å². The lowest BCUT2D eigenvalue weighted by molar-refractivity contribution is 0.118. The molecule has 1 aromatic rings. The summed E-state index contributed by atoms with van der Waals surface area (Å²) in [5.74, 6) is 0.883. The molecule has 1 aliphatic heterocycles. The second kappa shape index (κ2) is 6.96. The predicted molar refractivity (Wildman–Crippen MR) is 82.7 cm³/mol. The second-order valence-corrected chi connectivity index (χ2v) is 6.03. The molecule has 1 saturated heterocycles. The van der Waals surface area contributed by atoms with Gasteiger partial charge in [-0.15, -0.1) is 0 Å². The summed E-state index contributed by atoms with van der Waals surface area (Å²) in [7, 11) is 0. The van der Waals surface area contributed by atoms with E-state index in [0.717, 1.165) is 25.2 Å². The molecule has 0 unspecified atom stereocenters. The summed E-state index contributed by atoms with van der Waals surface area (Å²) >= 11 is 1.61. The molecule has 3 nitrogen and oxygen atoms in total. The molecule has 19 heavy (non-hydrogen) atoms. The van der Waals surface area contributed by atoms with Crippen molar-refractivity contribution in [1.82, 2.24) is 0 Å². The maximum Gasteiger partial charge on any atom is 0.154 e. The van der Waals surface area contributed by atoms with Crippen LogP contribution in [-0.2, 0) is 10.5 Å². The monoisotopic (exact) mass is 278 g/mol. The summed E-state index contributed by atoms with van der Waals surface area (Å²) in [6, 6.07) is 6.51. The predicted octanol–water partition coefficient (Wildman–Crippen LogP) is 3.03. The van der Waals surface area contributed by atoms with Crippen LogP contribution in [-0.4, -0.2) is 24.4 Å². The zero-order valence-electron chi connectivity index (χ0n) is 11.7. The van der Waals surface area contributed by atoms with Gasteiger partial charge >= 0.3 is 0 Å². The molecule has 1 aliphatic rings. The first-order chi connectivity index (χ1) is 9.15. The van der Waals surface area contributed by atoms with Gasteiger partial charge in [-0.3, -0.25) is 4.99 Å². The molecule has 2 N–H and O–H groups in total. The third-order valence-corrected chi connectivity index (χ3v) is 4.24. The first kappa shape index (κ1) is 14.4. The molecule has 1 fully saturated rings. The number of hydrogen-bond acceptors (Lipinski definition) is 3. The van der Waals surface area contributed by atoms with Crippen molar-refractivity contribution in [2.24, 2.45) is 10.7 Å². The Kier molecular flexibility index (Phi) is 5.28. The number of amidine groups is 1. The highest BCUT2D eigenvalue weighted by Gasteiger charge is 2.14. The molecule has 0 spiro atoms. The molecule has 1 atom stereocenters. The normalized spacial score (nSPS) is 19.9. The van der Waals surface area contributed by atoms with E-state index in [0.29, 0.717) is 11.7 Å². The lowest BCUT2D eigenvalue weighted by Crippen LogP contribution is -2.14. The number of benzene rings is 1. The van der Waals surface area contributed by atoms with Crippen LogP contribution in [0.25, 0.3) is 0 Å². The SMILES string of the molecule is Cc1ccc(C)c(CSC(N)=NC[C@H]2CCCO2)c1. The number of nitrogens with zero attached hydrogens (tertiary/aromatic N) is 1. The first-order valence-corrected chi connectivity index (χ1v) is 7.74. The molecule has 4 heteroatoms. The van der Waals surface area contributed by atoms with E-state index in [1.165, 1.54) is 16.7 Å². The van der Waals surface area contributed by atoms with Gasteiger partial charge < -0.3 is 10.5 Å². The lowest BCUT2D eigenvalue weighted by atomic mass is 10.1. The Labute approximate surface area is 119 Å². The molecular weight excluding hydrogens is 256 g/mol. The quantitative estimate of drug-likeness (QED) is 0.680. The molecule has 1 aromatic carbocycles. The minimum Gasteiger partial charge on any atom is -0.379 e. The van der Waals surface area contributed by atoms with E-state index in [2.05, 4.69) is 37.0 Å². The number of rotatable bonds is 4. The largest absolute Gasteiger partial charge is 0.379 e. The Morgan fingerprint density at radius 2 is 2.32 bits per heavy atom. The summed E-state index contributed by atoms with van der Waals surface area (Å²) in [5.41, 5.74) is 9.88. The third-order valence-electron chi connectivity index (χ3n) is 3.35. The van der Waals surface area contributed by atoms with Crippen molar-refractivity contribution in [3.05, 3.63) is 34.9 Å². The van der Waals surface area contributed by atoms with E-state index in [4.69, 9.17) is 10.5 Å².